The molecule has 1 atom stereocenters. The van der Waals surface area contributed by atoms with Gasteiger partial charge in [-0.15, -0.1) is 0 Å². The zero-order chi connectivity index (χ0) is 13.2. The third kappa shape index (κ3) is 2.85. The van der Waals surface area contributed by atoms with Crippen molar-refractivity contribution in [1.29, 1.82) is 0 Å². The van der Waals surface area contributed by atoms with E-state index in [0.717, 1.165) is 5.56 Å². The van der Waals surface area contributed by atoms with E-state index in [1.807, 2.05) is 12.1 Å². The number of benzene rings is 2. The van der Waals surface area contributed by atoms with Gasteiger partial charge < -0.3 is 5.11 Å². The highest BCUT2D eigenvalue weighted by Crippen LogP contribution is 2.32. The standard InChI is InChI=1S/C17H18OS/c1-12(18)13-5-8-16(9-6-13)19-17-10-7-14-3-2-4-15(14)11-17/h5-12,18H,2-4H2,1H3. The molecule has 1 unspecified atom stereocenters. The number of hydrogen-bond acceptors (Lipinski definition) is 2. The van der Waals surface area contributed by atoms with Gasteiger partial charge in [-0.2, -0.15) is 0 Å². The van der Waals surface area contributed by atoms with Crippen molar-refractivity contribution in [1.82, 2.24) is 0 Å². The predicted molar refractivity (Wildman–Crippen MR) is 79.7 cm³/mol. The first-order valence-corrected chi connectivity index (χ1v) is 7.62. The predicted octanol–water partition coefficient (Wildman–Crippen LogP) is 4.38. The van der Waals surface area contributed by atoms with Gasteiger partial charge in [0, 0.05) is 9.79 Å². The largest absolute Gasteiger partial charge is 0.389 e. The van der Waals surface area contributed by atoms with Crippen LogP contribution in [0, 0.1) is 0 Å². The van der Waals surface area contributed by atoms with Gasteiger partial charge in [0.25, 0.3) is 0 Å². The SMILES string of the molecule is CC(O)c1ccc(Sc2ccc3c(c2)CCC3)cc1. The molecule has 2 aromatic carbocycles. The minimum Gasteiger partial charge on any atom is -0.389 e. The lowest BCUT2D eigenvalue weighted by molar-refractivity contribution is 0.199. The number of aliphatic hydroxyl groups excluding tert-OH is 1. The van der Waals surface area contributed by atoms with Gasteiger partial charge >= 0.3 is 0 Å². The van der Waals surface area contributed by atoms with Crippen LogP contribution in [0.1, 0.15) is 36.1 Å². The summed E-state index contributed by atoms with van der Waals surface area (Å²) >= 11 is 1.79. The fourth-order valence-corrected chi connectivity index (χ4v) is 3.44. The van der Waals surface area contributed by atoms with Gasteiger partial charge in [0.05, 0.1) is 6.10 Å². The molecule has 2 aromatic rings. The van der Waals surface area contributed by atoms with Crippen LogP contribution in [-0.4, -0.2) is 5.11 Å². The first kappa shape index (κ1) is 12.8. The molecule has 19 heavy (non-hydrogen) atoms. The Morgan fingerprint density at radius 1 is 0.947 bits per heavy atom. The molecule has 0 fully saturated rings. The van der Waals surface area contributed by atoms with Gasteiger partial charge in [0.15, 0.2) is 0 Å². The van der Waals surface area contributed by atoms with E-state index in [-0.39, 0.29) is 6.10 Å². The molecule has 0 spiro atoms. The Labute approximate surface area is 118 Å². The van der Waals surface area contributed by atoms with Crippen LogP contribution in [0.2, 0.25) is 0 Å². The molecule has 0 heterocycles. The maximum atomic E-state index is 9.50. The first-order valence-electron chi connectivity index (χ1n) is 6.80. The molecular formula is C17H18OS. The van der Waals surface area contributed by atoms with Crippen molar-refractivity contribution in [3.8, 4) is 0 Å². The molecule has 0 saturated heterocycles. The van der Waals surface area contributed by atoms with Gasteiger partial charge in [-0.05, 0) is 67.1 Å². The summed E-state index contributed by atoms with van der Waals surface area (Å²) in [5.74, 6) is 0. The van der Waals surface area contributed by atoms with E-state index in [1.165, 1.54) is 40.2 Å². The van der Waals surface area contributed by atoms with E-state index < -0.39 is 0 Å². The van der Waals surface area contributed by atoms with Crippen molar-refractivity contribution in [2.75, 3.05) is 0 Å². The third-order valence-electron chi connectivity index (χ3n) is 3.67. The summed E-state index contributed by atoms with van der Waals surface area (Å²) in [7, 11) is 0. The number of aliphatic hydroxyl groups is 1. The summed E-state index contributed by atoms with van der Waals surface area (Å²) in [6.45, 7) is 1.79. The second-order valence-corrected chi connectivity index (χ2v) is 6.28. The topological polar surface area (TPSA) is 20.2 Å². The normalized spacial score (nSPS) is 15.3. The quantitative estimate of drug-likeness (QED) is 0.893. The number of aryl methyl sites for hydroxylation is 2. The molecule has 0 aliphatic heterocycles. The average molecular weight is 270 g/mol. The monoisotopic (exact) mass is 270 g/mol. The van der Waals surface area contributed by atoms with Crippen LogP contribution in [-0.2, 0) is 12.8 Å². The van der Waals surface area contributed by atoms with Crippen molar-refractivity contribution in [2.45, 2.75) is 42.1 Å². The molecule has 1 aliphatic carbocycles. The van der Waals surface area contributed by atoms with E-state index in [1.54, 1.807) is 18.7 Å². The maximum absolute atomic E-state index is 9.50. The Morgan fingerprint density at radius 2 is 1.63 bits per heavy atom. The number of fused-ring (bicyclic) bond motifs is 1. The molecule has 98 valence electrons. The molecule has 1 aliphatic rings. The van der Waals surface area contributed by atoms with Crippen molar-refractivity contribution >= 4 is 11.8 Å². The zero-order valence-corrected chi connectivity index (χ0v) is 11.9. The fourth-order valence-electron chi connectivity index (χ4n) is 2.56. The smallest absolute Gasteiger partial charge is 0.0761 e. The Bertz CT molecular complexity index is 572. The summed E-state index contributed by atoms with van der Waals surface area (Å²) < 4.78 is 0. The Hall–Kier alpha value is -1.25. The van der Waals surface area contributed by atoms with Gasteiger partial charge in [0.2, 0.25) is 0 Å². The summed E-state index contributed by atoms with van der Waals surface area (Å²) in [6.07, 6.45) is 3.37. The van der Waals surface area contributed by atoms with Gasteiger partial charge in [-0.1, -0.05) is 30.0 Å². The Morgan fingerprint density at radius 3 is 2.37 bits per heavy atom. The minimum atomic E-state index is -0.390. The van der Waals surface area contributed by atoms with Crippen molar-refractivity contribution < 1.29 is 5.11 Å². The van der Waals surface area contributed by atoms with E-state index in [0.29, 0.717) is 0 Å². The van der Waals surface area contributed by atoms with Crippen LogP contribution in [0.4, 0.5) is 0 Å². The van der Waals surface area contributed by atoms with Crippen LogP contribution in [0.15, 0.2) is 52.3 Å². The molecule has 3 rings (SSSR count). The summed E-state index contributed by atoms with van der Waals surface area (Å²) in [4.78, 5) is 2.53. The van der Waals surface area contributed by atoms with Crippen molar-refractivity contribution in [3.05, 3.63) is 59.2 Å². The summed E-state index contributed by atoms with van der Waals surface area (Å²) in [5.41, 5.74) is 4.01. The molecule has 1 N–H and O–H groups in total. The highest BCUT2D eigenvalue weighted by Gasteiger charge is 2.11. The van der Waals surface area contributed by atoms with Crippen molar-refractivity contribution in [3.63, 3.8) is 0 Å². The first-order chi connectivity index (χ1) is 9.22. The Kier molecular flexibility index (Phi) is 3.63. The minimum absolute atomic E-state index is 0.390. The van der Waals surface area contributed by atoms with E-state index in [2.05, 4.69) is 30.3 Å². The van der Waals surface area contributed by atoms with Crippen LogP contribution >= 0.6 is 11.8 Å². The van der Waals surface area contributed by atoms with Gasteiger partial charge in [0.1, 0.15) is 0 Å². The molecule has 0 saturated carbocycles. The summed E-state index contributed by atoms with van der Waals surface area (Å²) in [6, 6.07) is 15.0. The molecule has 0 bridgehead atoms. The molecule has 0 aromatic heterocycles. The maximum Gasteiger partial charge on any atom is 0.0761 e. The highest BCUT2D eigenvalue weighted by molar-refractivity contribution is 7.99. The second kappa shape index (κ2) is 5.40. The Balaban J connectivity index is 1.77. The van der Waals surface area contributed by atoms with E-state index in [9.17, 15) is 5.11 Å². The molecule has 2 heteroatoms. The van der Waals surface area contributed by atoms with E-state index >= 15 is 0 Å². The zero-order valence-electron chi connectivity index (χ0n) is 11.1. The van der Waals surface area contributed by atoms with Crippen LogP contribution < -0.4 is 0 Å². The van der Waals surface area contributed by atoms with Crippen LogP contribution in [0.5, 0.6) is 0 Å². The number of rotatable bonds is 3. The van der Waals surface area contributed by atoms with E-state index in [4.69, 9.17) is 0 Å². The average Bonchev–Trinajstić information content (AvgIpc) is 2.87. The summed E-state index contributed by atoms with van der Waals surface area (Å²) in [5, 5.41) is 9.50. The lowest BCUT2D eigenvalue weighted by atomic mass is 10.1. The van der Waals surface area contributed by atoms with Crippen molar-refractivity contribution in [2.24, 2.45) is 0 Å². The molecule has 1 nitrogen and oxygen atoms in total. The van der Waals surface area contributed by atoms with Crippen LogP contribution in [0.25, 0.3) is 0 Å². The lowest BCUT2D eigenvalue weighted by Gasteiger charge is -2.07. The molecule has 0 radical (unpaired) electrons. The molecule has 0 amide bonds. The van der Waals surface area contributed by atoms with Gasteiger partial charge in [-0.3, -0.25) is 0 Å². The lowest BCUT2D eigenvalue weighted by Crippen LogP contribution is -1.89. The highest BCUT2D eigenvalue weighted by atomic mass is 32.2. The molecular weight excluding hydrogens is 252 g/mol. The number of hydrogen-bond donors (Lipinski definition) is 1. The fraction of sp³-hybridized carbons (Fsp3) is 0.294. The van der Waals surface area contributed by atoms with Gasteiger partial charge in [-0.25, -0.2) is 0 Å². The van der Waals surface area contributed by atoms with Crippen LogP contribution in [0.3, 0.4) is 0 Å². The third-order valence-corrected chi connectivity index (χ3v) is 4.67. The second-order valence-electron chi connectivity index (χ2n) is 5.13.